The molecule has 0 aliphatic rings. The number of aryl methyl sites for hydroxylation is 1. The molecule has 32 valence electrons. The molecule has 0 bridgehead atoms. The Bertz CT molecular complexity index is 142. The number of hydrogen-bond donors (Lipinski definition) is 1. The predicted octanol–water partition coefficient (Wildman–Crippen LogP) is 0.718. The molecule has 0 amide bonds. The van der Waals surface area contributed by atoms with E-state index in [2.05, 4.69) is 10.2 Å². The van der Waals surface area contributed by atoms with Crippen LogP contribution in [-0.4, -0.2) is 10.2 Å². The number of nitrogens with zero attached hydrogens (tertiary/aromatic N) is 1. The van der Waals surface area contributed by atoms with Gasteiger partial charge in [0.25, 0.3) is 0 Å². The first-order valence-corrected chi connectivity index (χ1v) is 1.77. The molecule has 1 heterocycles. The summed E-state index contributed by atoms with van der Waals surface area (Å²) in [6.07, 6.45) is 2.03. The van der Waals surface area contributed by atoms with Gasteiger partial charge in [-0.3, -0.25) is 5.10 Å². The minimum absolute atomic E-state index is 0.333. The fraction of sp³-hybridized carbons (Fsp3) is 0.250. The second-order valence-electron chi connectivity index (χ2n) is 1.18. The molecule has 1 N–H and O–H groups in total. The zero-order valence-electron chi connectivity index (χ0n) is 4.52. The fourth-order valence-electron chi connectivity index (χ4n) is 0.282. The number of rotatable bonds is 0. The van der Waals surface area contributed by atoms with Crippen molar-refractivity contribution in [2.75, 3.05) is 0 Å². The summed E-state index contributed by atoms with van der Waals surface area (Å²) in [6, 6.07) is 0. The summed E-state index contributed by atoms with van der Waals surface area (Å²) in [4.78, 5) is 0. The molecule has 0 radical (unpaired) electrons. The Labute approximate surface area is 37.6 Å². The zero-order valence-corrected chi connectivity index (χ0v) is 3.52. The van der Waals surface area contributed by atoms with Gasteiger partial charge < -0.3 is 0 Å². The van der Waals surface area contributed by atoms with Crippen molar-refractivity contribution in [2.24, 2.45) is 0 Å². The van der Waals surface area contributed by atoms with Gasteiger partial charge in [-0.1, -0.05) is 0 Å². The van der Waals surface area contributed by atoms with E-state index in [0.29, 0.717) is 6.17 Å². The van der Waals surface area contributed by atoms with Crippen LogP contribution in [0.4, 0.5) is 0 Å². The Morgan fingerprint density at radius 3 is 3.17 bits per heavy atom. The first-order valence-electron chi connectivity index (χ1n) is 2.27. The predicted molar refractivity (Wildman–Crippen MR) is 23.3 cm³/mol. The maximum atomic E-state index is 6.96. The van der Waals surface area contributed by atoms with Gasteiger partial charge in [0.05, 0.1) is 7.54 Å². The Balaban J connectivity index is 3.12. The normalized spacial score (nSPS) is 11.2. The molecular weight excluding hydrogens is 76.1 g/mol. The topological polar surface area (TPSA) is 28.7 Å². The third-order valence-corrected chi connectivity index (χ3v) is 0.578. The molecule has 6 heavy (non-hydrogen) atoms. The van der Waals surface area contributed by atoms with Crippen LogP contribution in [0, 0.1) is 6.92 Å². The van der Waals surface area contributed by atoms with Gasteiger partial charge >= 0.3 is 0 Å². The first-order chi connectivity index (χ1) is 3.30. The Morgan fingerprint density at radius 2 is 3.00 bits per heavy atom. The lowest BCUT2D eigenvalue weighted by atomic mass is 10.4. The van der Waals surface area contributed by atoms with Gasteiger partial charge in [-0.25, -0.2) is 0 Å². The number of aromatic amines is 1. The van der Waals surface area contributed by atoms with Gasteiger partial charge in [0, 0.05) is 6.20 Å². The molecular formula is C4H6N2. The molecule has 1 aromatic rings. The van der Waals surface area contributed by atoms with Crippen molar-refractivity contribution >= 4 is 0 Å². The van der Waals surface area contributed by atoms with Crippen LogP contribution >= 0.6 is 0 Å². The van der Waals surface area contributed by atoms with Gasteiger partial charge in [0.2, 0.25) is 0 Å². The van der Waals surface area contributed by atoms with Crippen molar-refractivity contribution in [3.8, 4) is 0 Å². The minimum Gasteiger partial charge on any atom is -0.285 e. The van der Waals surface area contributed by atoms with Crippen molar-refractivity contribution in [2.45, 2.75) is 6.92 Å². The van der Waals surface area contributed by atoms with Crippen LogP contribution < -0.4 is 0 Å². The number of nitrogens with one attached hydrogen (secondary N) is 1. The van der Waals surface area contributed by atoms with Crippen molar-refractivity contribution < 1.29 is 1.37 Å². The summed E-state index contributed by atoms with van der Waals surface area (Å²) in [5.41, 5.74) is 0.889. The van der Waals surface area contributed by atoms with E-state index in [1.54, 1.807) is 6.20 Å². The molecule has 1 aromatic heterocycles. The summed E-state index contributed by atoms with van der Waals surface area (Å²) in [5, 5.41) is 6.12. The molecule has 0 aliphatic heterocycles. The maximum absolute atomic E-state index is 6.96. The summed E-state index contributed by atoms with van der Waals surface area (Å²) in [6.45, 7) is 1.84. The SMILES string of the molecule is [2H]c1n[nH]cc1C. The third-order valence-electron chi connectivity index (χ3n) is 0.578. The molecule has 0 saturated carbocycles. The van der Waals surface area contributed by atoms with E-state index in [4.69, 9.17) is 1.37 Å². The lowest BCUT2D eigenvalue weighted by Gasteiger charge is -1.62. The molecule has 0 fully saturated rings. The average molecular weight is 83.1 g/mol. The van der Waals surface area contributed by atoms with Crippen molar-refractivity contribution in [3.63, 3.8) is 0 Å². The Morgan fingerprint density at radius 1 is 2.17 bits per heavy atom. The van der Waals surface area contributed by atoms with E-state index in [0.717, 1.165) is 5.56 Å². The van der Waals surface area contributed by atoms with Crippen LogP contribution in [0.25, 0.3) is 0 Å². The van der Waals surface area contributed by atoms with Gasteiger partial charge in [-0.2, -0.15) is 5.10 Å². The third kappa shape index (κ3) is 0.407. The van der Waals surface area contributed by atoms with Gasteiger partial charge in [0.15, 0.2) is 0 Å². The molecule has 0 unspecified atom stereocenters. The van der Waals surface area contributed by atoms with Crippen molar-refractivity contribution in [1.82, 2.24) is 10.2 Å². The lowest BCUT2D eigenvalue weighted by Crippen LogP contribution is -1.53. The van der Waals surface area contributed by atoms with E-state index in [1.165, 1.54) is 0 Å². The highest BCUT2D eigenvalue weighted by atomic mass is 15.1. The van der Waals surface area contributed by atoms with Crippen molar-refractivity contribution in [1.29, 1.82) is 0 Å². The van der Waals surface area contributed by atoms with Crippen LogP contribution in [0.2, 0.25) is 0 Å². The number of aromatic nitrogens is 2. The molecule has 0 aliphatic carbocycles. The van der Waals surface area contributed by atoms with Crippen LogP contribution in [-0.2, 0) is 0 Å². The molecule has 0 spiro atoms. The molecule has 0 atom stereocenters. The van der Waals surface area contributed by atoms with E-state index < -0.39 is 0 Å². The summed E-state index contributed by atoms with van der Waals surface area (Å²) in [5.74, 6) is 0. The summed E-state index contributed by atoms with van der Waals surface area (Å²) < 4.78 is 6.96. The lowest BCUT2D eigenvalue weighted by molar-refractivity contribution is 1.09. The smallest absolute Gasteiger partial charge is 0.0862 e. The molecule has 1 rings (SSSR count). The van der Waals surface area contributed by atoms with Crippen LogP contribution in [0.5, 0.6) is 0 Å². The van der Waals surface area contributed by atoms with E-state index in [-0.39, 0.29) is 0 Å². The maximum Gasteiger partial charge on any atom is 0.0862 e. The van der Waals surface area contributed by atoms with E-state index in [9.17, 15) is 0 Å². The highest BCUT2D eigenvalue weighted by molar-refractivity contribution is 4.96. The fourth-order valence-corrected chi connectivity index (χ4v) is 0.282. The quantitative estimate of drug-likeness (QED) is 0.492. The standard InChI is InChI=1S/C4H6N2/c1-4-2-5-6-3-4/h2-3H,1H3,(H,5,6)/i2D. The second kappa shape index (κ2) is 1.12. The van der Waals surface area contributed by atoms with Crippen molar-refractivity contribution in [3.05, 3.63) is 17.9 Å². The highest BCUT2D eigenvalue weighted by Gasteiger charge is 1.74. The van der Waals surface area contributed by atoms with E-state index in [1.807, 2.05) is 6.92 Å². The largest absolute Gasteiger partial charge is 0.285 e. The second-order valence-corrected chi connectivity index (χ2v) is 1.18. The number of H-pyrrole nitrogens is 1. The molecule has 0 aromatic carbocycles. The summed E-state index contributed by atoms with van der Waals surface area (Å²) >= 11 is 0. The highest BCUT2D eigenvalue weighted by Crippen LogP contribution is 1.84. The number of hydrogen-bond acceptors (Lipinski definition) is 1. The Kier molecular flexibility index (Phi) is 0.449. The van der Waals surface area contributed by atoms with Gasteiger partial charge in [-0.05, 0) is 12.5 Å². The molecule has 2 heteroatoms. The van der Waals surface area contributed by atoms with Crippen LogP contribution in [0.1, 0.15) is 6.93 Å². The average Bonchev–Trinajstić information content (AvgIpc) is 1.91. The molecule has 2 nitrogen and oxygen atoms in total. The van der Waals surface area contributed by atoms with Crippen LogP contribution in [0.15, 0.2) is 12.4 Å². The zero-order chi connectivity index (χ0) is 5.28. The minimum atomic E-state index is 0.333. The summed E-state index contributed by atoms with van der Waals surface area (Å²) in [7, 11) is 0. The molecule has 0 saturated heterocycles. The monoisotopic (exact) mass is 83.1 g/mol. The van der Waals surface area contributed by atoms with Gasteiger partial charge in [-0.15, -0.1) is 0 Å². The van der Waals surface area contributed by atoms with Gasteiger partial charge in [0.1, 0.15) is 0 Å². The first kappa shape index (κ1) is 2.39. The Hall–Kier alpha value is -0.790. The van der Waals surface area contributed by atoms with E-state index >= 15 is 0 Å². The van der Waals surface area contributed by atoms with Crippen LogP contribution in [0.3, 0.4) is 0 Å².